The Labute approximate surface area is 80.9 Å². The normalized spacial score (nSPS) is 13.8. The fraction of sp³-hybridized carbons (Fsp3) is 0.500. The molecule has 0 fully saturated rings. The number of nitrogens with two attached hydrogens (primary N) is 1. The molecule has 0 aliphatic heterocycles. The minimum Gasteiger partial charge on any atom is -0.330 e. The molecule has 68 valence electrons. The molecule has 1 aromatic rings. The minimum atomic E-state index is -2.44. The van der Waals surface area contributed by atoms with Gasteiger partial charge in [-0.15, -0.1) is 11.3 Å². The highest BCUT2D eigenvalue weighted by Crippen LogP contribution is 2.25. The molecule has 6 heteroatoms. The predicted octanol–water partition coefficient (Wildman–Crippen LogP) is 2.21. The number of halogens is 3. The number of hydrogen-bond donors (Lipinski definition) is 1. The molecule has 1 atom stereocenters. The molecule has 0 aromatic carbocycles. The second-order valence-corrected chi connectivity index (χ2v) is 4.34. The Morgan fingerprint density at radius 2 is 2.33 bits per heavy atom. The van der Waals surface area contributed by atoms with E-state index in [0.717, 1.165) is 0 Å². The Morgan fingerprint density at radius 1 is 1.67 bits per heavy atom. The van der Waals surface area contributed by atoms with E-state index in [0.29, 0.717) is 9.61 Å². The zero-order valence-corrected chi connectivity index (χ0v) is 8.41. The van der Waals surface area contributed by atoms with Crippen LogP contribution in [-0.4, -0.2) is 18.0 Å². The zero-order chi connectivity index (χ0) is 9.14. The molecule has 0 bridgehead atoms. The van der Waals surface area contributed by atoms with Crippen LogP contribution in [0.2, 0.25) is 0 Å². The van der Waals surface area contributed by atoms with E-state index in [4.69, 9.17) is 5.73 Å². The van der Waals surface area contributed by atoms with Gasteiger partial charge in [-0.05, 0) is 15.9 Å². The highest BCUT2D eigenvalue weighted by Gasteiger charge is 2.22. The van der Waals surface area contributed by atoms with Gasteiger partial charge in [0.05, 0.1) is 11.6 Å². The van der Waals surface area contributed by atoms with Crippen molar-refractivity contribution in [3.8, 4) is 0 Å². The van der Waals surface area contributed by atoms with Crippen molar-refractivity contribution in [2.45, 2.75) is 12.3 Å². The maximum absolute atomic E-state index is 12.3. The lowest BCUT2D eigenvalue weighted by molar-refractivity contribution is 0.115. The number of aromatic nitrogens is 1. The van der Waals surface area contributed by atoms with Gasteiger partial charge in [0.25, 0.3) is 0 Å². The Morgan fingerprint density at radius 3 is 2.67 bits per heavy atom. The van der Waals surface area contributed by atoms with Crippen LogP contribution in [0, 0.1) is 0 Å². The highest BCUT2D eigenvalue weighted by molar-refractivity contribution is 9.11. The van der Waals surface area contributed by atoms with Crippen LogP contribution in [0.5, 0.6) is 0 Å². The summed E-state index contributed by atoms with van der Waals surface area (Å²) in [6, 6.07) is 0. The summed E-state index contributed by atoms with van der Waals surface area (Å²) >= 11 is 4.38. The molecule has 0 spiro atoms. The monoisotopic (exact) mass is 256 g/mol. The third-order valence-electron chi connectivity index (χ3n) is 1.43. The highest BCUT2D eigenvalue weighted by atomic mass is 79.9. The van der Waals surface area contributed by atoms with Gasteiger partial charge in [-0.25, -0.2) is 13.8 Å². The lowest BCUT2D eigenvalue weighted by Crippen LogP contribution is -2.19. The van der Waals surface area contributed by atoms with E-state index in [9.17, 15) is 8.78 Å². The first-order valence-corrected chi connectivity index (χ1v) is 4.91. The first kappa shape index (κ1) is 10.0. The molecule has 0 aliphatic carbocycles. The van der Waals surface area contributed by atoms with Crippen molar-refractivity contribution >= 4 is 27.3 Å². The summed E-state index contributed by atoms with van der Waals surface area (Å²) in [5.41, 5.74) is 5.55. The van der Waals surface area contributed by atoms with Gasteiger partial charge in [0, 0.05) is 11.9 Å². The average molecular weight is 257 g/mol. The zero-order valence-electron chi connectivity index (χ0n) is 6.01. The maximum Gasteiger partial charge on any atom is 0.248 e. The smallest absolute Gasteiger partial charge is 0.248 e. The van der Waals surface area contributed by atoms with Crippen LogP contribution in [-0.2, 0) is 0 Å². The molecular formula is C6H7BrF2N2S. The first-order valence-electron chi connectivity index (χ1n) is 3.24. The lowest BCUT2D eigenvalue weighted by Gasteiger charge is -2.09. The summed E-state index contributed by atoms with van der Waals surface area (Å²) in [5, 5.41) is 1.59. The molecule has 1 unspecified atom stereocenters. The Hall–Kier alpha value is -0.0700. The van der Waals surface area contributed by atoms with Crippen LogP contribution in [0.3, 0.4) is 0 Å². The molecular weight excluding hydrogens is 250 g/mol. The fourth-order valence-corrected chi connectivity index (χ4v) is 1.87. The molecule has 1 aromatic heterocycles. The first-order chi connectivity index (χ1) is 5.65. The van der Waals surface area contributed by atoms with Crippen LogP contribution in [0.25, 0.3) is 0 Å². The largest absolute Gasteiger partial charge is 0.330 e. The van der Waals surface area contributed by atoms with E-state index >= 15 is 0 Å². The SMILES string of the molecule is NCC(c1csc(Br)n1)C(F)F. The molecule has 12 heavy (non-hydrogen) atoms. The average Bonchev–Trinajstić information content (AvgIpc) is 2.37. The number of alkyl halides is 2. The van der Waals surface area contributed by atoms with Crippen molar-refractivity contribution in [2.75, 3.05) is 6.54 Å². The van der Waals surface area contributed by atoms with Crippen molar-refractivity contribution in [2.24, 2.45) is 5.73 Å². The summed E-state index contributed by atoms with van der Waals surface area (Å²) in [5.74, 6) is -0.937. The molecule has 0 aliphatic rings. The summed E-state index contributed by atoms with van der Waals surface area (Å²) < 4.78 is 25.1. The summed E-state index contributed by atoms with van der Waals surface area (Å²) in [4.78, 5) is 3.88. The fourth-order valence-electron chi connectivity index (χ4n) is 0.786. The summed E-state index contributed by atoms with van der Waals surface area (Å²) in [7, 11) is 0. The van der Waals surface area contributed by atoms with Gasteiger partial charge in [0.2, 0.25) is 6.43 Å². The topological polar surface area (TPSA) is 38.9 Å². The molecule has 2 N–H and O–H groups in total. The van der Waals surface area contributed by atoms with Gasteiger partial charge in [-0.2, -0.15) is 0 Å². The van der Waals surface area contributed by atoms with Crippen molar-refractivity contribution in [3.63, 3.8) is 0 Å². The summed E-state index contributed by atoms with van der Waals surface area (Å²) in [6.45, 7) is -0.0756. The predicted molar refractivity (Wildman–Crippen MR) is 47.6 cm³/mol. The molecule has 0 saturated carbocycles. The second kappa shape index (κ2) is 4.25. The Kier molecular flexibility index (Phi) is 3.54. The van der Waals surface area contributed by atoms with E-state index in [1.54, 1.807) is 5.38 Å². The Balaban J connectivity index is 2.80. The van der Waals surface area contributed by atoms with Gasteiger partial charge >= 0.3 is 0 Å². The van der Waals surface area contributed by atoms with Crippen molar-refractivity contribution in [3.05, 3.63) is 15.0 Å². The summed E-state index contributed by atoms with van der Waals surface area (Å²) in [6.07, 6.45) is -2.44. The Bertz CT molecular complexity index is 253. The van der Waals surface area contributed by atoms with Gasteiger partial charge < -0.3 is 5.73 Å². The number of nitrogens with zero attached hydrogens (tertiary/aromatic N) is 1. The second-order valence-electron chi connectivity index (χ2n) is 2.20. The van der Waals surface area contributed by atoms with Crippen LogP contribution in [0.1, 0.15) is 11.6 Å². The van der Waals surface area contributed by atoms with Crippen molar-refractivity contribution < 1.29 is 8.78 Å². The van der Waals surface area contributed by atoms with Crippen LogP contribution < -0.4 is 5.73 Å². The number of thiazole rings is 1. The number of hydrogen-bond acceptors (Lipinski definition) is 3. The molecule has 2 nitrogen and oxygen atoms in total. The van der Waals surface area contributed by atoms with Crippen molar-refractivity contribution in [1.29, 1.82) is 0 Å². The van der Waals surface area contributed by atoms with Crippen LogP contribution in [0.4, 0.5) is 8.78 Å². The van der Waals surface area contributed by atoms with E-state index in [1.165, 1.54) is 11.3 Å². The number of rotatable bonds is 3. The van der Waals surface area contributed by atoms with Gasteiger partial charge in [0.15, 0.2) is 3.92 Å². The van der Waals surface area contributed by atoms with Gasteiger partial charge in [-0.3, -0.25) is 0 Å². The quantitative estimate of drug-likeness (QED) is 0.901. The van der Waals surface area contributed by atoms with E-state index < -0.39 is 12.3 Å². The van der Waals surface area contributed by atoms with Gasteiger partial charge in [-0.1, -0.05) is 0 Å². The van der Waals surface area contributed by atoms with E-state index in [2.05, 4.69) is 20.9 Å². The molecule has 0 saturated heterocycles. The van der Waals surface area contributed by atoms with E-state index in [1.807, 2.05) is 0 Å². The third kappa shape index (κ3) is 2.21. The molecule has 1 heterocycles. The molecule has 1 rings (SSSR count). The lowest BCUT2D eigenvalue weighted by atomic mass is 10.1. The van der Waals surface area contributed by atoms with Gasteiger partial charge in [0.1, 0.15) is 0 Å². The minimum absolute atomic E-state index is 0.0756. The molecule has 0 radical (unpaired) electrons. The maximum atomic E-state index is 12.3. The van der Waals surface area contributed by atoms with Crippen LogP contribution in [0.15, 0.2) is 9.30 Å². The molecule has 0 amide bonds. The van der Waals surface area contributed by atoms with E-state index in [-0.39, 0.29) is 6.54 Å². The third-order valence-corrected chi connectivity index (χ3v) is 2.82. The van der Waals surface area contributed by atoms with Crippen molar-refractivity contribution in [1.82, 2.24) is 4.98 Å². The van der Waals surface area contributed by atoms with Crippen LogP contribution >= 0.6 is 27.3 Å². The standard InChI is InChI=1S/C6H7BrF2N2S/c7-6-11-4(2-12-6)3(1-10)5(8)9/h2-3,5H,1,10H2.